The van der Waals surface area contributed by atoms with Crippen LogP contribution in [-0.4, -0.2) is 70.8 Å². The molecule has 7 aromatic rings. The van der Waals surface area contributed by atoms with Gasteiger partial charge < -0.3 is 70.8 Å². The van der Waals surface area contributed by atoms with E-state index in [0.29, 0.717) is 0 Å². The van der Waals surface area contributed by atoms with Gasteiger partial charge in [-0.2, -0.15) is 0 Å². The van der Waals surface area contributed by atoms with Crippen molar-refractivity contribution in [1.29, 1.82) is 0 Å². The van der Waals surface area contributed by atoms with Gasteiger partial charge in [-0.25, -0.2) is 9.97 Å². The predicted molar refractivity (Wildman–Crippen MR) is 167 cm³/mol. The van der Waals surface area contributed by atoms with E-state index in [1.54, 1.807) is 0 Å². The molecular weight excluding hydrogens is 683 g/mol. The number of aromatic nitrogens is 8. The van der Waals surface area contributed by atoms with Gasteiger partial charge in [-0.1, -0.05) is 0 Å². The van der Waals surface area contributed by atoms with Gasteiger partial charge in [0.1, 0.15) is 0 Å². The third-order valence-electron chi connectivity index (χ3n) is 8.08. The minimum Gasteiger partial charge on any atom is -0.504 e. The number of phenols is 8. The number of aromatic hydroxyl groups is 8. The van der Waals surface area contributed by atoms with Crippen LogP contribution in [0, 0.1) is 0 Å². The van der Waals surface area contributed by atoms with Crippen LogP contribution in [0.2, 0.25) is 0 Å². The second-order valence-electron chi connectivity index (χ2n) is 11.0. The van der Waals surface area contributed by atoms with E-state index in [1.807, 2.05) is 0 Å². The Bertz CT molecular complexity index is 2430. The van der Waals surface area contributed by atoms with Crippen LogP contribution in [0.3, 0.4) is 0 Å². The molecule has 0 aliphatic carbocycles. The summed E-state index contributed by atoms with van der Waals surface area (Å²) in [5, 5.41) is 84.0. The van der Waals surface area contributed by atoms with Crippen molar-refractivity contribution < 1.29 is 57.6 Å². The minimum atomic E-state index is -0.459. The zero-order chi connectivity index (χ0) is 33.2. The summed E-state index contributed by atoms with van der Waals surface area (Å²) in [4.78, 5) is 36.6. The zero-order valence-corrected chi connectivity index (χ0v) is 25.1. The van der Waals surface area contributed by atoms with Crippen molar-refractivity contribution in [3.05, 3.63) is 48.5 Å². The molecule has 5 heterocycles. The van der Waals surface area contributed by atoms with E-state index in [2.05, 4.69) is 39.9 Å². The van der Waals surface area contributed by atoms with Crippen LogP contribution < -0.4 is 9.97 Å². The van der Waals surface area contributed by atoms with Crippen molar-refractivity contribution in [3.8, 4) is 91.5 Å². The standard InChI is InChI=1S/C32H16N8O8.Co/c41-17-1-9-10(2-18(17)42)26-33-25(9)37-27-11-3-19(43)20(44)4-12(11)29(34-27)39-31-15-7-23(47)24(48)8-16(15)32(36-31)40-30-14-6-22(46)21(45)5-13(14)28(35-30)38-26;/h1-8H,(H8-2,33,34,35,36,37,38,39,40,41,42,43,44,45,46,47,48);/q-2;+2. The zero-order valence-electron chi connectivity index (χ0n) is 24.1. The Kier molecular flexibility index (Phi) is 6.07. The van der Waals surface area contributed by atoms with Gasteiger partial charge in [0, 0.05) is 44.8 Å². The summed E-state index contributed by atoms with van der Waals surface area (Å²) in [5.74, 6) is -3.65. The number of rotatable bonds is 0. The molecule has 0 fully saturated rings. The molecule has 16 nitrogen and oxygen atoms in total. The summed E-state index contributed by atoms with van der Waals surface area (Å²) in [6, 6.07) is 9.95. The third-order valence-corrected chi connectivity index (χ3v) is 8.08. The van der Waals surface area contributed by atoms with Crippen LogP contribution in [-0.2, 0) is 16.8 Å². The number of hydrogen-bond acceptors (Lipinski definition) is 14. The Morgan fingerprint density at radius 1 is 0.306 bits per heavy atom. The van der Waals surface area contributed by atoms with Crippen LogP contribution >= 0.6 is 0 Å². The molecule has 4 aromatic carbocycles. The van der Waals surface area contributed by atoms with Crippen LogP contribution in [0.5, 0.6) is 46.0 Å². The Labute approximate surface area is 281 Å². The fraction of sp³-hybridized carbons (Fsp3) is 0. The quantitative estimate of drug-likeness (QED) is 0.105. The summed E-state index contributed by atoms with van der Waals surface area (Å²) >= 11 is 0. The molecule has 0 saturated carbocycles. The Hall–Kier alpha value is -6.85. The molecule has 17 heteroatoms. The van der Waals surface area contributed by atoms with Gasteiger partial charge in [-0.15, -0.1) is 0 Å². The van der Waals surface area contributed by atoms with Gasteiger partial charge in [0.2, 0.25) is 0 Å². The predicted octanol–water partition coefficient (Wildman–Crippen LogP) is 3.77. The molecule has 2 aliphatic heterocycles. The van der Waals surface area contributed by atoms with Gasteiger partial charge in [-0.05, 0) is 70.1 Å². The summed E-state index contributed by atoms with van der Waals surface area (Å²) in [6.45, 7) is 0. The first kappa shape index (κ1) is 29.5. The van der Waals surface area contributed by atoms with Crippen molar-refractivity contribution >= 4 is 44.1 Å². The van der Waals surface area contributed by atoms with Crippen molar-refractivity contribution in [3.63, 3.8) is 0 Å². The number of phenolic OH excluding ortho intramolecular Hbond substituents is 8. The van der Waals surface area contributed by atoms with Crippen LogP contribution in [0.25, 0.3) is 89.7 Å². The Morgan fingerprint density at radius 2 is 0.510 bits per heavy atom. The molecule has 241 valence electrons. The van der Waals surface area contributed by atoms with Crippen LogP contribution in [0.4, 0.5) is 0 Å². The molecular formula is C32H16CoN8O8. The minimum absolute atomic E-state index is 0. The normalized spacial score (nSPS) is 11.8. The second-order valence-corrected chi connectivity index (χ2v) is 11.0. The molecule has 0 unspecified atom stereocenters. The van der Waals surface area contributed by atoms with E-state index in [0.717, 1.165) is 0 Å². The molecule has 0 atom stereocenters. The molecule has 0 spiro atoms. The van der Waals surface area contributed by atoms with Gasteiger partial charge >= 0.3 is 16.8 Å². The van der Waals surface area contributed by atoms with E-state index in [-0.39, 0.29) is 106 Å². The molecule has 8 bridgehead atoms. The second kappa shape index (κ2) is 10.1. The smallest absolute Gasteiger partial charge is 0.504 e. The summed E-state index contributed by atoms with van der Waals surface area (Å²) < 4.78 is 0. The maximum Gasteiger partial charge on any atom is 2.00 e. The largest absolute Gasteiger partial charge is 2.00 e. The Morgan fingerprint density at radius 3 is 0.735 bits per heavy atom. The van der Waals surface area contributed by atoms with E-state index < -0.39 is 46.0 Å². The Balaban J connectivity index is 0.00000348. The molecule has 1 radical (unpaired) electrons. The van der Waals surface area contributed by atoms with Gasteiger partial charge in [-0.3, -0.25) is 0 Å². The van der Waals surface area contributed by atoms with Crippen LogP contribution in [0.1, 0.15) is 0 Å². The first-order chi connectivity index (χ1) is 23.0. The van der Waals surface area contributed by atoms with E-state index in [1.165, 1.54) is 48.5 Å². The van der Waals surface area contributed by atoms with Crippen molar-refractivity contribution in [1.82, 2.24) is 39.9 Å². The maximum atomic E-state index is 10.4. The fourth-order valence-corrected chi connectivity index (χ4v) is 5.75. The molecule has 8 N–H and O–H groups in total. The van der Waals surface area contributed by atoms with Crippen molar-refractivity contribution in [2.45, 2.75) is 0 Å². The molecule has 2 aliphatic rings. The number of fused-ring (bicyclic) bond motifs is 20. The van der Waals surface area contributed by atoms with E-state index >= 15 is 0 Å². The summed E-state index contributed by atoms with van der Waals surface area (Å²) in [5.41, 5.74) is 1.06. The number of hydrogen-bond donors (Lipinski definition) is 8. The van der Waals surface area contributed by atoms with Gasteiger partial charge in [0.15, 0.2) is 46.0 Å². The number of benzene rings is 4. The summed E-state index contributed by atoms with van der Waals surface area (Å²) in [6.07, 6.45) is 0. The van der Waals surface area contributed by atoms with E-state index in [4.69, 9.17) is 0 Å². The van der Waals surface area contributed by atoms with E-state index in [9.17, 15) is 40.9 Å². The molecule has 3 aromatic heterocycles. The molecule has 9 rings (SSSR count). The molecule has 49 heavy (non-hydrogen) atoms. The first-order valence-corrected chi connectivity index (χ1v) is 14.0. The molecule has 0 amide bonds. The first-order valence-electron chi connectivity index (χ1n) is 14.0. The number of nitrogens with zero attached hydrogens (tertiary/aromatic N) is 8. The van der Waals surface area contributed by atoms with Gasteiger partial charge in [0.05, 0.1) is 23.3 Å². The average molecular weight is 699 g/mol. The topological polar surface area (TPSA) is 267 Å². The van der Waals surface area contributed by atoms with Crippen LogP contribution in [0.15, 0.2) is 48.5 Å². The van der Waals surface area contributed by atoms with Crippen molar-refractivity contribution in [2.75, 3.05) is 0 Å². The molecule has 0 saturated heterocycles. The fourth-order valence-electron chi connectivity index (χ4n) is 5.75. The monoisotopic (exact) mass is 699 g/mol. The van der Waals surface area contributed by atoms with Crippen molar-refractivity contribution in [2.24, 2.45) is 0 Å². The summed E-state index contributed by atoms with van der Waals surface area (Å²) in [7, 11) is 0. The average Bonchev–Trinajstić information content (AvgIpc) is 3.74. The third kappa shape index (κ3) is 4.30. The SMILES string of the molecule is Oc1cc2c(cc1O)-c1nc-2nc2[n-]c(nc3nc(nc4[n-]c(n1)c1cc(O)c(O)cc41)-c1cc(O)c(O)cc1-3)c1cc(O)c(O)cc21.[Co+2]. The van der Waals surface area contributed by atoms with Gasteiger partial charge in [0.25, 0.3) is 0 Å². The maximum absolute atomic E-state index is 10.4.